The third-order valence-corrected chi connectivity index (χ3v) is 6.74. The lowest BCUT2D eigenvalue weighted by molar-refractivity contribution is -0.136. The summed E-state index contributed by atoms with van der Waals surface area (Å²) in [5.74, 6) is -0.190. The topological polar surface area (TPSA) is 79.2 Å². The van der Waals surface area contributed by atoms with Gasteiger partial charge in [-0.1, -0.05) is 55.5 Å². The first-order valence-corrected chi connectivity index (χ1v) is 12.7. The number of hydrogen-bond acceptors (Lipinski definition) is 5. The van der Waals surface area contributed by atoms with E-state index in [1.54, 1.807) is 29.2 Å². The molecule has 6 nitrogen and oxygen atoms in total. The molecule has 1 aliphatic rings. The SMILES string of the molecule is CCc1ccc(COc2ccc(/C=C3\S/C(=N/c4ccc(CC(=O)O)cc4)N(CC)C3=O)cc2)cc1. The molecule has 1 saturated heterocycles. The van der Waals surface area contributed by atoms with Gasteiger partial charge in [-0.3, -0.25) is 14.5 Å². The van der Waals surface area contributed by atoms with Crippen LogP contribution in [-0.2, 0) is 29.0 Å². The number of amidine groups is 1. The van der Waals surface area contributed by atoms with Gasteiger partial charge < -0.3 is 9.84 Å². The summed E-state index contributed by atoms with van der Waals surface area (Å²) in [5.41, 5.74) is 4.70. The number of hydrogen-bond donors (Lipinski definition) is 1. The van der Waals surface area contributed by atoms with Crippen molar-refractivity contribution in [2.45, 2.75) is 33.3 Å². The number of rotatable bonds is 9. The van der Waals surface area contributed by atoms with Crippen molar-refractivity contribution in [2.24, 2.45) is 4.99 Å². The Morgan fingerprint density at radius 1 is 0.944 bits per heavy atom. The average Bonchev–Trinajstić information content (AvgIpc) is 3.18. The molecule has 0 aliphatic carbocycles. The van der Waals surface area contributed by atoms with Crippen molar-refractivity contribution in [1.29, 1.82) is 0 Å². The van der Waals surface area contributed by atoms with Crippen LogP contribution in [0.4, 0.5) is 5.69 Å². The molecule has 184 valence electrons. The number of benzene rings is 3. The molecule has 1 fully saturated rings. The third kappa shape index (κ3) is 6.43. The van der Waals surface area contributed by atoms with Crippen LogP contribution in [0.15, 0.2) is 82.7 Å². The van der Waals surface area contributed by atoms with E-state index in [9.17, 15) is 9.59 Å². The van der Waals surface area contributed by atoms with Gasteiger partial charge in [0, 0.05) is 6.54 Å². The lowest BCUT2D eigenvalue weighted by Crippen LogP contribution is -2.28. The molecule has 0 spiro atoms. The molecule has 3 aromatic carbocycles. The van der Waals surface area contributed by atoms with E-state index in [4.69, 9.17) is 9.84 Å². The van der Waals surface area contributed by atoms with Crippen molar-refractivity contribution in [2.75, 3.05) is 6.54 Å². The van der Waals surface area contributed by atoms with Crippen molar-refractivity contribution in [3.05, 3.63) is 100.0 Å². The number of nitrogens with zero attached hydrogens (tertiary/aromatic N) is 2. The number of thioether (sulfide) groups is 1. The number of aryl methyl sites for hydroxylation is 1. The lowest BCUT2D eigenvalue weighted by Gasteiger charge is -2.12. The van der Waals surface area contributed by atoms with Gasteiger partial charge in [0.1, 0.15) is 12.4 Å². The number of carbonyl (C=O) groups is 2. The Labute approximate surface area is 215 Å². The van der Waals surface area contributed by atoms with Crippen molar-refractivity contribution >= 4 is 40.6 Å². The third-order valence-electron chi connectivity index (χ3n) is 5.74. The number of amides is 1. The number of ether oxygens (including phenoxy) is 1. The van der Waals surface area contributed by atoms with Crippen LogP contribution in [-0.4, -0.2) is 33.6 Å². The Kier molecular flexibility index (Phi) is 8.23. The number of carboxylic acid groups (broad SMARTS) is 1. The lowest BCUT2D eigenvalue weighted by atomic mass is 10.1. The number of aliphatic imine (C=N–C) groups is 1. The van der Waals surface area contributed by atoms with Gasteiger partial charge in [-0.15, -0.1) is 0 Å². The highest BCUT2D eigenvalue weighted by atomic mass is 32.2. The van der Waals surface area contributed by atoms with Crippen molar-refractivity contribution in [3.8, 4) is 5.75 Å². The fraction of sp³-hybridized carbons (Fsp3) is 0.207. The zero-order chi connectivity index (χ0) is 25.5. The van der Waals surface area contributed by atoms with Crippen LogP contribution < -0.4 is 4.74 Å². The van der Waals surface area contributed by atoms with Crippen LogP contribution in [0.5, 0.6) is 5.75 Å². The van der Waals surface area contributed by atoms with Gasteiger partial charge in [-0.05, 0) is 77.7 Å². The molecule has 3 aromatic rings. The summed E-state index contributed by atoms with van der Waals surface area (Å²) in [6.07, 6.45) is 2.85. The van der Waals surface area contributed by atoms with Crippen molar-refractivity contribution < 1.29 is 19.4 Å². The highest BCUT2D eigenvalue weighted by molar-refractivity contribution is 8.18. The molecule has 0 unspecified atom stereocenters. The van der Waals surface area contributed by atoms with Crippen LogP contribution in [0.2, 0.25) is 0 Å². The fourth-order valence-corrected chi connectivity index (χ4v) is 4.76. The van der Waals surface area contributed by atoms with E-state index in [-0.39, 0.29) is 12.3 Å². The molecule has 4 rings (SSSR count). The maximum atomic E-state index is 13.0. The first kappa shape index (κ1) is 25.3. The molecule has 0 atom stereocenters. The molecule has 1 aliphatic heterocycles. The minimum Gasteiger partial charge on any atom is -0.489 e. The second-order valence-electron chi connectivity index (χ2n) is 8.32. The van der Waals surface area contributed by atoms with E-state index in [0.717, 1.165) is 23.3 Å². The molecule has 0 saturated carbocycles. The Balaban J connectivity index is 1.43. The van der Waals surface area contributed by atoms with E-state index < -0.39 is 5.97 Å². The molecular weight excluding hydrogens is 472 g/mol. The van der Waals surface area contributed by atoms with Crippen LogP contribution in [0, 0.1) is 0 Å². The minimum atomic E-state index is -0.876. The second-order valence-corrected chi connectivity index (χ2v) is 9.33. The predicted molar refractivity (Wildman–Crippen MR) is 144 cm³/mol. The number of likely N-dealkylation sites (N-methyl/N-ethyl adjacent to an activating group) is 1. The smallest absolute Gasteiger partial charge is 0.307 e. The molecule has 1 N–H and O–H groups in total. The number of carbonyl (C=O) groups excluding carboxylic acids is 1. The summed E-state index contributed by atoms with van der Waals surface area (Å²) in [6, 6.07) is 23.1. The molecule has 1 heterocycles. The second kappa shape index (κ2) is 11.7. The normalized spacial score (nSPS) is 15.6. The van der Waals surface area contributed by atoms with E-state index in [0.29, 0.717) is 34.5 Å². The molecular formula is C29H28N2O4S. The van der Waals surface area contributed by atoms with Crippen LogP contribution >= 0.6 is 11.8 Å². The van der Waals surface area contributed by atoms with Crippen molar-refractivity contribution in [3.63, 3.8) is 0 Å². The zero-order valence-electron chi connectivity index (χ0n) is 20.3. The van der Waals surface area contributed by atoms with Gasteiger partial charge in [-0.2, -0.15) is 0 Å². The molecule has 0 radical (unpaired) electrons. The first-order chi connectivity index (χ1) is 17.4. The summed E-state index contributed by atoms with van der Waals surface area (Å²) < 4.78 is 5.91. The van der Waals surface area contributed by atoms with E-state index >= 15 is 0 Å². The van der Waals surface area contributed by atoms with Gasteiger partial charge in [0.05, 0.1) is 17.0 Å². The zero-order valence-corrected chi connectivity index (χ0v) is 21.1. The highest BCUT2D eigenvalue weighted by Crippen LogP contribution is 2.34. The summed E-state index contributed by atoms with van der Waals surface area (Å²) in [7, 11) is 0. The average molecular weight is 501 g/mol. The first-order valence-electron chi connectivity index (χ1n) is 11.9. The Morgan fingerprint density at radius 3 is 2.19 bits per heavy atom. The van der Waals surface area contributed by atoms with Crippen molar-refractivity contribution in [1.82, 2.24) is 4.90 Å². The van der Waals surface area contributed by atoms with Gasteiger partial charge in [0.25, 0.3) is 5.91 Å². The minimum absolute atomic E-state index is 0.0338. The summed E-state index contributed by atoms with van der Waals surface area (Å²) >= 11 is 1.33. The largest absolute Gasteiger partial charge is 0.489 e. The molecule has 36 heavy (non-hydrogen) atoms. The number of carboxylic acids is 1. The summed E-state index contributed by atoms with van der Waals surface area (Å²) in [6.45, 7) is 5.05. The van der Waals surface area contributed by atoms with Crippen LogP contribution in [0.3, 0.4) is 0 Å². The monoisotopic (exact) mass is 500 g/mol. The summed E-state index contributed by atoms with van der Waals surface area (Å²) in [5, 5.41) is 9.53. The molecule has 1 amide bonds. The van der Waals surface area contributed by atoms with Crippen LogP contribution in [0.25, 0.3) is 6.08 Å². The van der Waals surface area contributed by atoms with Gasteiger partial charge >= 0.3 is 5.97 Å². The Bertz CT molecular complexity index is 1280. The summed E-state index contributed by atoms with van der Waals surface area (Å²) in [4.78, 5) is 30.7. The fourth-order valence-electron chi connectivity index (χ4n) is 3.69. The molecule has 0 bridgehead atoms. The van der Waals surface area contributed by atoms with Gasteiger partial charge in [-0.25, -0.2) is 4.99 Å². The quantitative estimate of drug-likeness (QED) is 0.360. The van der Waals surface area contributed by atoms with Gasteiger partial charge in [0.2, 0.25) is 0 Å². The maximum Gasteiger partial charge on any atom is 0.307 e. The van der Waals surface area contributed by atoms with E-state index in [2.05, 4.69) is 36.2 Å². The highest BCUT2D eigenvalue weighted by Gasteiger charge is 2.32. The van der Waals surface area contributed by atoms with E-state index in [1.165, 1.54) is 17.3 Å². The van der Waals surface area contributed by atoms with Gasteiger partial charge in [0.15, 0.2) is 5.17 Å². The maximum absolute atomic E-state index is 13.0. The Hall–Kier alpha value is -3.84. The molecule has 0 aromatic heterocycles. The van der Waals surface area contributed by atoms with Crippen LogP contribution in [0.1, 0.15) is 36.1 Å². The predicted octanol–water partition coefficient (Wildman–Crippen LogP) is 6.08. The standard InChI is InChI=1S/C29H28N2O4S/c1-3-20-5-7-23(8-6-20)19-35-25-15-11-21(12-16-25)17-26-28(34)31(4-2)29(36-26)30-24-13-9-22(10-14-24)18-27(32)33/h5-17H,3-4,18-19H2,1-2H3,(H,32,33)/b26-17-,30-29+. The Morgan fingerprint density at radius 2 is 1.58 bits per heavy atom. The molecule has 7 heteroatoms. The number of aliphatic carboxylic acids is 1. The van der Waals surface area contributed by atoms with E-state index in [1.807, 2.05) is 37.3 Å².